The van der Waals surface area contributed by atoms with Crippen molar-refractivity contribution < 1.29 is 9.90 Å². The van der Waals surface area contributed by atoms with Crippen molar-refractivity contribution in [1.82, 2.24) is 5.43 Å². The number of hydrazone groups is 1. The highest BCUT2D eigenvalue weighted by atomic mass is 16.3. The Hall–Kier alpha value is -1.84. The third-order valence-corrected chi connectivity index (χ3v) is 2.27. The standard InChI is InChI=1S/C12H16N2O2/c1-3-9(2)8-13-14-12(16)10-4-6-11(15)7-5-10/h4-9,15H,3H2,1-2H3,(H,14,16)/b13-8+. The second kappa shape index (κ2) is 5.90. The van der Waals surface area contributed by atoms with E-state index >= 15 is 0 Å². The van der Waals surface area contributed by atoms with Gasteiger partial charge in [0.25, 0.3) is 5.91 Å². The number of phenolic OH excluding ortho intramolecular Hbond substituents is 1. The molecule has 1 aromatic rings. The highest BCUT2D eigenvalue weighted by molar-refractivity contribution is 5.94. The van der Waals surface area contributed by atoms with E-state index in [4.69, 9.17) is 5.11 Å². The molecule has 16 heavy (non-hydrogen) atoms. The third-order valence-electron chi connectivity index (χ3n) is 2.27. The summed E-state index contributed by atoms with van der Waals surface area (Å²) in [5, 5.41) is 12.9. The van der Waals surface area contributed by atoms with Crippen LogP contribution in [0.1, 0.15) is 30.6 Å². The number of amides is 1. The fourth-order valence-electron chi connectivity index (χ4n) is 1.01. The molecule has 0 aliphatic rings. The van der Waals surface area contributed by atoms with Gasteiger partial charge in [0, 0.05) is 11.8 Å². The van der Waals surface area contributed by atoms with Crippen molar-refractivity contribution in [1.29, 1.82) is 0 Å². The van der Waals surface area contributed by atoms with Crippen molar-refractivity contribution >= 4 is 12.1 Å². The van der Waals surface area contributed by atoms with E-state index in [1.165, 1.54) is 12.1 Å². The summed E-state index contributed by atoms with van der Waals surface area (Å²) >= 11 is 0. The zero-order valence-corrected chi connectivity index (χ0v) is 9.47. The Morgan fingerprint density at radius 1 is 1.50 bits per heavy atom. The van der Waals surface area contributed by atoms with Crippen LogP contribution in [0.3, 0.4) is 0 Å². The van der Waals surface area contributed by atoms with Crippen LogP contribution in [0.2, 0.25) is 0 Å². The molecular formula is C12H16N2O2. The molecule has 0 aliphatic heterocycles. The molecule has 4 nitrogen and oxygen atoms in total. The minimum absolute atomic E-state index is 0.139. The second-order valence-electron chi connectivity index (χ2n) is 3.65. The first-order valence-corrected chi connectivity index (χ1v) is 5.26. The molecule has 0 bridgehead atoms. The van der Waals surface area contributed by atoms with Crippen molar-refractivity contribution in [2.45, 2.75) is 20.3 Å². The molecule has 0 aromatic heterocycles. The fraction of sp³-hybridized carbons (Fsp3) is 0.333. The number of carbonyl (C=O) groups is 1. The monoisotopic (exact) mass is 220 g/mol. The number of nitrogens with zero attached hydrogens (tertiary/aromatic N) is 1. The first kappa shape index (κ1) is 12.2. The van der Waals surface area contributed by atoms with Crippen LogP contribution in [0.15, 0.2) is 29.4 Å². The summed E-state index contributed by atoms with van der Waals surface area (Å²) in [6.07, 6.45) is 2.69. The maximum Gasteiger partial charge on any atom is 0.271 e. The zero-order chi connectivity index (χ0) is 12.0. The Morgan fingerprint density at radius 2 is 2.12 bits per heavy atom. The lowest BCUT2D eigenvalue weighted by Crippen LogP contribution is -2.18. The third kappa shape index (κ3) is 3.73. The van der Waals surface area contributed by atoms with Gasteiger partial charge in [-0.05, 0) is 36.6 Å². The molecule has 1 aromatic carbocycles. The predicted molar refractivity (Wildman–Crippen MR) is 63.5 cm³/mol. The van der Waals surface area contributed by atoms with E-state index in [2.05, 4.69) is 17.5 Å². The van der Waals surface area contributed by atoms with Crippen molar-refractivity contribution in [3.8, 4) is 5.75 Å². The number of carbonyl (C=O) groups excluding carboxylic acids is 1. The van der Waals surface area contributed by atoms with Crippen molar-refractivity contribution in [2.24, 2.45) is 11.0 Å². The van der Waals surface area contributed by atoms with Crippen LogP contribution in [0.5, 0.6) is 5.75 Å². The van der Waals surface area contributed by atoms with Gasteiger partial charge in [0.15, 0.2) is 0 Å². The van der Waals surface area contributed by atoms with Gasteiger partial charge in [-0.3, -0.25) is 4.79 Å². The molecule has 1 unspecified atom stereocenters. The molecule has 0 heterocycles. The van der Waals surface area contributed by atoms with E-state index in [-0.39, 0.29) is 11.7 Å². The largest absolute Gasteiger partial charge is 0.508 e. The lowest BCUT2D eigenvalue weighted by atomic mass is 10.1. The smallest absolute Gasteiger partial charge is 0.271 e. The van der Waals surface area contributed by atoms with Gasteiger partial charge in [0.2, 0.25) is 0 Å². The van der Waals surface area contributed by atoms with Gasteiger partial charge >= 0.3 is 0 Å². The molecule has 1 amide bonds. The first-order chi connectivity index (χ1) is 7.63. The molecule has 0 spiro atoms. The van der Waals surface area contributed by atoms with Crippen molar-refractivity contribution in [3.05, 3.63) is 29.8 Å². The Kier molecular flexibility index (Phi) is 4.51. The van der Waals surface area contributed by atoms with Gasteiger partial charge in [-0.2, -0.15) is 5.10 Å². The average Bonchev–Trinajstić information content (AvgIpc) is 2.29. The quantitative estimate of drug-likeness (QED) is 0.603. The second-order valence-corrected chi connectivity index (χ2v) is 3.65. The molecule has 2 N–H and O–H groups in total. The van der Waals surface area contributed by atoms with Crippen LogP contribution < -0.4 is 5.43 Å². The molecule has 0 fully saturated rings. The normalized spacial score (nSPS) is 12.6. The van der Waals surface area contributed by atoms with E-state index in [1.807, 2.05) is 6.92 Å². The average molecular weight is 220 g/mol. The molecule has 86 valence electrons. The van der Waals surface area contributed by atoms with E-state index in [1.54, 1.807) is 18.3 Å². The molecule has 0 aliphatic carbocycles. The Bertz CT molecular complexity index is 371. The molecule has 1 atom stereocenters. The van der Waals surface area contributed by atoms with Gasteiger partial charge < -0.3 is 5.11 Å². The van der Waals surface area contributed by atoms with Crippen LogP contribution in [0.25, 0.3) is 0 Å². The number of hydrogen-bond acceptors (Lipinski definition) is 3. The molecule has 1 rings (SSSR count). The van der Waals surface area contributed by atoms with Crippen molar-refractivity contribution in [3.63, 3.8) is 0 Å². The van der Waals surface area contributed by atoms with Crippen LogP contribution in [-0.4, -0.2) is 17.2 Å². The Balaban J connectivity index is 2.53. The predicted octanol–water partition coefficient (Wildman–Crippen LogP) is 2.15. The van der Waals surface area contributed by atoms with Gasteiger partial charge in [0.1, 0.15) is 5.75 Å². The summed E-state index contributed by atoms with van der Waals surface area (Å²) in [5.74, 6) is 0.208. The highest BCUT2D eigenvalue weighted by Gasteiger charge is 2.03. The minimum Gasteiger partial charge on any atom is -0.508 e. The van der Waals surface area contributed by atoms with Gasteiger partial charge in [-0.1, -0.05) is 13.8 Å². The van der Waals surface area contributed by atoms with Crippen molar-refractivity contribution in [2.75, 3.05) is 0 Å². The lowest BCUT2D eigenvalue weighted by molar-refractivity contribution is 0.0955. The summed E-state index contributed by atoms with van der Waals surface area (Å²) in [6, 6.07) is 6.02. The first-order valence-electron chi connectivity index (χ1n) is 5.26. The molecule has 0 saturated heterocycles. The Labute approximate surface area is 95.0 Å². The van der Waals surface area contributed by atoms with E-state index in [0.29, 0.717) is 11.5 Å². The summed E-state index contributed by atoms with van der Waals surface area (Å²) in [7, 11) is 0. The lowest BCUT2D eigenvalue weighted by Gasteiger charge is -2.01. The zero-order valence-electron chi connectivity index (χ0n) is 9.47. The minimum atomic E-state index is -0.278. The highest BCUT2D eigenvalue weighted by Crippen LogP contribution is 2.09. The maximum absolute atomic E-state index is 11.5. The van der Waals surface area contributed by atoms with Gasteiger partial charge in [-0.15, -0.1) is 0 Å². The van der Waals surface area contributed by atoms with E-state index in [9.17, 15) is 4.79 Å². The van der Waals surface area contributed by atoms with Gasteiger partial charge in [0.05, 0.1) is 0 Å². The van der Waals surface area contributed by atoms with Crippen LogP contribution >= 0.6 is 0 Å². The topological polar surface area (TPSA) is 61.7 Å². The summed E-state index contributed by atoms with van der Waals surface area (Å²) < 4.78 is 0. The van der Waals surface area contributed by atoms with Crippen LogP contribution in [0.4, 0.5) is 0 Å². The Morgan fingerprint density at radius 3 is 2.69 bits per heavy atom. The summed E-state index contributed by atoms with van der Waals surface area (Å²) in [6.45, 7) is 4.08. The number of hydrogen-bond donors (Lipinski definition) is 2. The fourth-order valence-corrected chi connectivity index (χ4v) is 1.01. The van der Waals surface area contributed by atoms with E-state index < -0.39 is 0 Å². The summed E-state index contributed by atoms with van der Waals surface area (Å²) in [4.78, 5) is 11.5. The maximum atomic E-state index is 11.5. The number of phenols is 1. The molecule has 0 radical (unpaired) electrons. The van der Waals surface area contributed by atoms with Crippen LogP contribution in [0, 0.1) is 5.92 Å². The molecular weight excluding hydrogens is 204 g/mol. The SMILES string of the molecule is CCC(C)/C=N/NC(=O)c1ccc(O)cc1. The molecule has 0 saturated carbocycles. The van der Waals surface area contributed by atoms with Crippen LogP contribution in [-0.2, 0) is 0 Å². The number of benzene rings is 1. The molecule has 4 heteroatoms. The number of nitrogens with one attached hydrogen (secondary N) is 1. The number of aromatic hydroxyl groups is 1. The number of rotatable bonds is 4. The van der Waals surface area contributed by atoms with Gasteiger partial charge in [-0.25, -0.2) is 5.43 Å². The van der Waals surface area contributed by atoms with E-state index in [0.717, 1.165) is 6.42 Å². The summed E-state index contributed by atoms with van der Waals surface area (Å²) in [5.41, 5.74) is 2.90.